The molecular weight excluding hydrogens is 372 g/mol. The molecule has 0 atom stereocenters. The maximum Gasteiger partial charge on any atom is 0.225 e. The molecule has 0 aliphatic carbocycles. The zero-order valence-corrected chi connectivity index (χ0v) is 17.8. The first kappa shape index (κ1) is 22.7. The van der Waals surface area contributed by atoms with Gasteiger partial charge >= 0.3 is 0 Å². The smallest absolute Gasteiger partial charge is 0.225 e. The van der Waals surface area contributed by atoms with Gasteiger partial charge in [0.25, 0.3) is 0 Å². The highest BCUT2D eigenvalue weighted by Crippen LogP contribution is 2.41. The average Bonchev–Trinajstić information content (AvgIpc) is 2.75. The Morgan fingerprint density at radius 2 is 1.52 bits per heavy atom. The third-order valence-corrected chi connectivity index (χ3v) is 4.42. The number of hydrogen-bond donors (Lipinski definition) is 0. The van der Waals surface area contributed by atoms with E-state index in [-0.39, 0.29) is 0 Å². The lowest BCUT2D eigenvalue weighted by atomic mass is 9.95. The second kappa shape index (κ2) is 10.9. The molecule has 6 heteroatoms. The van der Waals surface area contributed by atoms with E-state index in [9.17, 15) is 0 Å². The summed E-state index contributed by atoms with van der Waals surface area (Å²) >= 11 is 0. The van der Waals surface area contributed by atoms with Gasteiger partial charge in [-0.05, 0) is 43.3 Å². The second-order valence-corrected chi connectivity index (χ2v) is 6.47. The minimum atomic E-state index is -1.14. The van der Waals surface area contributed by atoms with Gasteiger partial charge < -0.3 is 28.4 Å². The van der Waals surface area contributed by atoms with Gasteiger partial charge in [0.15, 0.2) is 0 Å². The van der Waals surface area contributed by atoms with E-state index in [0.29, 0.717) is 31.3 Å². The molecular formula is C23H30O6. The van der Waals surface area contributed by atoms with Crippen molar-refractivity contribution in [1.82, 2.24) is 0 Å². The summed E-state index contributed by atoms with van der Waals surface area (Å²) in [5.41, 5.74) is 2.52. The highest BCUT2D eigenvalue weighted by atomic mass is 16.7. The molecule has 0 saturated carbocycles. The topological polar surface area (TPSA) is 55.4 Å². The van der Waals surface area contributed by atoms with Crippen LogP contribution in [0.5, 0.6) is 17.2 Å². The van der Waals surface area contributed by atoms with Gasteiger partial charge in [-0.2, -0.15) is 0 Å². The van der Waals surface area contributed by atoms with Crippen LogP contribution in [0.25, 0.3) is 0 Å². The Hall–Kier alpha value is -2.54. The highest BCUT2D eigenvalue weighted by Gasteiger charge is 2.37. The monoisotopic (exact) mass is 402 g/mol. The van der Waals surface area contributed by atoms with Crippen molar-refractivity contribution in [2.75, 3.05) is 48.3 Å². The number of rotatable bonds is 12. The summed E-state index contributed by atoms with van der Waals surface area (Å²) < 4.78 is 33.7. The first-order valence-electron chi connectivity index (χ1n) is 9.29. The minimum Gasteiger partial charge on any atom is -0.497 e. The van der Waals surface area contributed by atoms with E-state index in [2.05, 4.69) is 6.58 Å². The van der Waals surface area contributed by atoms with Crippen LogP contribution in [0.2, 0.25) is 0 Å². The summed E-state index contributed by atoms with van der Waals surface area (Å²) in [6.07, 6.45) is 0. The fraction of sp³-hybridized carbons (Fsp3) is 0.391. The molecule has 0 fully saturated rings. The van der Waals surface area contributed by atoms with Crippen molar-refractivity contribution in [1.29, 1.82) is 0 Å². The Labute approximate surface area is 172 Å². The summed E-state index contributed by atoms with van der Waals surface area (Å²) in [6, 6.07) is 13.1. The van der Waals surface area contributed by atoms with Crippen molar-refractivity contribution < 1.29 is 28.4 Å². The predicted molar refractivity (Wildman–Crippen MR) is 112 cm³/mol. The van der Waals surface area contributed by atoms with Crippen molar-refractivity contribution in [3.63, 3.8) is 0 Å². The summed E-state index contributed by atoms with van der Waals surface area (Å²) in [5, 5.41) is 0. The molecule has 0 aliphatic rings. The predicted octanol–water partition coefficient (Wildman–Crippen LogP) is 4.17. The third-order valence-electron chi connectivity index (χ3n) is 4.42. The fourth-order valence-corrected chi connectivity index (χ4v) is 3.00. The average molecular weight is 402 g/mol. The van der Waals surface area contributed by atoms with Crippen LogP contribution in [-0.4, -0.2) is 48.3 Å². The molecule has 0 N–H and O–H groups in total. The van der Waals surface area contributed by atoms with Gasteiger partial charge in [0.2, 0.25) is 5.79 Å². The molecule has 2 aromatic carbocycles. The fourth-order valence-electron chi connectivity index (χ4n) is 3.00. The van der Waals surface area contributed by atoms with Crippen LogP contribution in [-0.2, 0) is 20.0 Å². The van der Waals surface area contributed by atoms with Crippen LogP contribution < -0.4 is 14.2 Å². The van der Waals surface area contributed by atoms with Crippen LogP contribution in [0.3, 0.4) is 0 Å². The van der Waals surface area contributed by atoms with E-state index >= 15 is 0 Å². The SMILES string of the molecule is C=C(C)COCCOc1ccc(C(OC)(OC)c2ccc(OC)cc2OC)cc1. The summed E-state index contributed by atoms with van der Waals surface area (Å²) in [7, 11) is 6.39. The van der Waals surface area contributed by atoms with Crippen molar-refractivity contribution in [3.05, 3.63) is 65.7 Å². The van der Waals surface area contributed by atoms with E-state index in [1.807, 2.05) is 43.3 Å². The molecule has 0 heterocycles. The molecule has 0 unspecified atom stereocenters. The Morgan fingerprint density at radius 3 is 2.07 bits per heavy atom. The van der Waals surface area contributed by atoms with Gasteiger partial charge in [0.1, 0.15) is 23.9 Å². The molecule has 2 aromatic rings. The first-order valence-corrected chi connectivity index (χ1v) is 9.29. The van der Waals surface area contributed by atoms with E-state index < -0.39 is 5.79 Å². The molecule has 0 aromatic heterocycles. The van der Waals surface area contributed by atoms with Crippen molar-refractivity contribution >= 4 is 0 Å². The number of ether oxygens (including phenoxy) is 6. The Balaban J connectivity index is 2.21. The second-order valence-electron chi connectivity index (χ2n) is 6.47. The maximum absolute atomic E-state index is 5.84. The Morgan fingerprint density at radius 1 is 0.862 bits per heavy atom. The summed E-state index contributed by atoms with van der Waals surface area (Å²) in [6.45, 7) is 7.22. The lowest BCUT2D eigenvalue weighted by Gasteiger charge is -2.33. The zero-order chi connectivity index (χ0) is 21.3. The van der Waals surface area contributed by atoms with E-state index in [4.69, 9.17) is 28.4 Å². The Bertz CT molecular complexity index is 780. The van der Waals surface area contributed by atoms with E-state index in [0.717, 1.165) is 22.4 Å². The van der Waals surface area contributed by atoms with Gasteiger partial charge in [0, 0.05) is 25.8 Å². The molecule has 0 aliphatic heterocycles. The molecule has 0 radical (unpaired) electrons. The molecule has 0 bridgehead atoms. The van der Waals surface area contributed by atoms with Crippen LogP contribution >= 0.6 is 0 Å². The molecule has 158 valence electrons. The number of benzene rings is 2. The van der Waals surface area contributed by atoms with Crippen LogP contribution in [0.1, 0.15) is 18.1 Å². The van der Waals surface area contributed by atoms with Crippen LogP contribution in [0.15, 0.2) is 54.6 Å². The molecule has 2 rings (SSSR count). The van der Waals surface area contributed by atoms with Gasteiger partial charge in [-0.25, -0.2) is 0 Å². The van der Waals surface area contributed by atoms with Gasteiger partial charge in [-0.3, -0.25) is 0 Å². The van der Waals surface area contributed by atoms with Gasteiger partial charge in [-0.15, -0.1) is 0 Å². The van der Waals surface area contributed by atoms with Crippen molar-refractivity contribution in [3.8, 4) is 17.2 Å². The quantitative estimate of drug-likeness (QED) is 0.302. The minimum absolute atomic E-state index is 0.457. The lowest BCUT2D eigenvalue weighted by molar-refractivity contribution is -0.184. The molecule has 0 amide bonds. The van der Waals surface area contributed by atoms with Gasteiger partial charge in [0.05, 0.1) is 33.0 Å². The molecule has 6 nitrogen and oxygen atoms in total. The van der Waals surface area contributed by atoms with E-state index in [1.165, 1.54) is 0 Å². The molecule has 0 saturated heterocycles. The first-order chi connectivity index (χ1) is 14.0. The highest BCUT2D eigenvalue weighted by molar-refractivity contribution is 5.48. The normalized spacial score (nSPS) is 11.2. The van der Waals surface area contributed by atoms with E-state index in [1.54, 1.807) is 34.5 Å². The van der Waals surface area contributed by atoms with Crippen LogP contribution in [0.4, 0.5) is 0 Å². The standard InChI is InChI=1S/C23H30O6/c1-17(2)16-28-13-14-29-19-9-7-18(8-10-19)23(26-5,27-6)21-12-11-20(24-3)15-22(21)25-4/h7-12,15H,1,13-14,16H2,2-6H3. The number of hydrogen-bond acceptors (Lipinski definition) is 6. The van der Waals surface area contributed by atoms with Gasteiger partial charge in [-0.1, -0.05) is 12.2 Å². The third kappa shape index (κ3) is 5.50. The molecule has 29 heavy (non-hydrogen) atoms. The summed E-state index contributed by atoms with van der Waals surface area (Å²) in [4.78, 5) is 0. The Kier molecular flexibility index (Phi) is 8.51. The van der Waals surface area contributed by atoms with Crippen LogP contribution in [0, 0.1) is 0 Å². The molecule has 0 spiro atoms. The lowest BCUT2D eigenvalue weighted by Crippen LogP contribution is -2.32. The summed E-state index contributed by atoms with van der Waals surface area (Å²) in [5.74, 6) is 0.878. The number of methoxy groups -OCH3 is 4. The zero-order valence-electron chi connectivity index (χ0n) is 17.8. The van der Waals surface area contributed by atoms with Crippen molar-refractivity contribution in [2.24, 2.45) is 0 Å². The largest absolute Gasteiger partial charge is 0.497 e. The van der Waals surface area contributed by atoms with Crippen molar-refractivity contribution in [2.45, 2.75) is 12.7 Å². The maximum atomic E-state index is 5.84.